The Morgan fingerprint density at radius 2 is 1.61 bits per heavy atom. The molecular formula is C10H7F7O. The molecule has 0 aliphatic rings. The smallest absolute Gasteiger partial charge is 0.383 e. The molecule has 0 heterocycles. The van der Waals surface area contributed by atoms with Crippen molar-refractivity contribution in [1.82, 2.24) is 0 Å². The zero-order chi connectivity index (χ0) is 14.1. The van der Waals surface area contributed by atoms with Crippen LogP contribution in [0.5, 0.6) is 0 Å². The van der Waals surface area contributed by atoms with Crippen LogP contribution >= 0.6 is 0 Å². The standard InChI is InChI=1S/C10H7F7O/c11-7-4-6(9(12,13)14)2-1-5(7)3-8(18)10(15,16)17/h1-2,4,8,18H,3H2. The fraction of sp³-hybridized carbons (Fsp3) is 0.400. The van der Waals surface area contributed by atoms with Crippen LogP contribution < -0.4 is 0 Å². The maximum absolute atomic E-state index is 13.2. The van der Waals surface area contributed by atoms with Gasteiger partial charge in [0.2, 0.25) is 0 Å². The first kappa shape index (κ1) is 14.7. The van der Waals surface area contributed by atoms with Crippen LogP contribution in [0.15, 0.2) is 18.2 Å². The first-order valence-electron chi connectivity index (χ1n) is 4.62. The summed E-state index contributed by atoms with van der Waals surface area (Å²) < 4.78 is 85.6. The Kier molecular flexibility index (Phi) is 3.89. The Labute approximate surface area is 96.8 Å². The van der Waals surface area contributed by atoms with E-state index in [9.17, 15) is 30.7 Å². The number of alkyl halides is 6. The lowest BCUT2D eigenvalue weighted by atomic mass is 10.0. The van der Waals surface area contributed by atoms with E-state index in [0.29, 0.717) is 12.1 Å². The Bertz CT molecular complexity index is 421. The summed E-state index contributed by atoms with van der Waals surface area (Å²) in [5.74, 6) is -1.44. The van der Waals surface area contributed by atoms with E-state index < -0.39 is 41.8 Å². The van der Waals surface area contributed by atoms with E-state index in [1.165, 1.54) is 0 Å². The van der Waals surface area contributed by atoms with E-state index >= 15 is 0 Å². The molecule has 0 aromatic heterocycles. The van der Waals surface area contributed by atoms with Gasteiger partial charge in [-0.25, -0.2) is 4.39 Å². The Balaban J connectivity index is 2.94. The van der Waals surface area contributed by atoms with Crippen molar-refractivity contribution >= 4 is 0 Å². The van der Waals surface area contributed by atoms with Gasteiger partial charge in [0, 0.05) is 6.42 Å². The number of hydrogen-bond donors (Lipinski definition) is 1. The van der Waals surface area contributed by atoms with Gasteiger partial charge in [0.25, 0.3) is 0 Å². The minimum Gasteiger partial charge on any atom is -0.383 e. The molecule has 1 atom stereocenters. The van der Waals surface area contributed by atoms with Crippen molar-refractivity contribution in [2.45, 2.75) is 24.9 Å². The highest BCUT2D eigenvalue weighted by Gasteiger charge is 2.39. The number of aliphatic hydroxyl groups is 1. The lowest BCUT2D eigenvalue weighted by Gasteiger charge is -2.15. The topological polar surface area (TPSA) is 20.2 Å². The van der Waals surface area contributed by atoms with Crippen LogP contribution in [0.3, 0.4) is 0 Å². The molecular weight excluding hydrogens is 269 g/mol. The van der Waals surface area contributed by atoms with Gasteiger partial charge in [-0.05, 0) is 17.7 Å². The molecule has 18 heavy (non-hydrogen) atoms. The van der Waals surface area contributed by atoms with Crippen LogP contribution in [-0.4, -0.2) is 17.4 Å². The third-order valence-corrected chi connectivity index (χ3v) is 2.17. The Morgan fingerprint density at radius 3 is 2.00 bits per heavy atom. The number of benzene rings is 1. The van der Waals surface area contributed by atoms with Crippen LogP contribution in [0, 0.1) is 5.82 Å². The van der Waals surface area contributed by atoms with E-state index in [1.54, 1.807) is 0 Å². The summed E-state index contributed by atoms with van der Waals surface area (Å²) in [5.41, 5.74) is -1.93. The van der Waals surface area contributed by atoms with Gasteiger partial charge in [-0.1, -0.05) is 6.07 Å². The molecule has 1 aromatic rings. The van der Waals surface area contributed by atoms with Gasteiger partial charge in [0.05, 0.1) is 5.56 Å². The van der Waals surface area contributed by atoms with Gasteiger partial charge in [-0.2, -0.15) is 26.3 Å². The second kappa shape index (κ2) is 4.75. The summed E-state index contributed by atoms with van der Waals surface area (Å²) in [6.07, 6.45) is -13.7. The molecule has 1 N–H and O–H groups in total. The highest BCUT2D eigenvalue weighted by atomic mass is 19.4. The molecule has 0 saturated heterocycles. The van der Waals surface area contributed by atoms with Gasteiger partial charge < -0.3 is 5.11 Å². The van der Waals surface area contributed by atoms with E-state index in [-0.39, 0.29) is 6.07 Å². The van der Waals surface area contributed by atoms with Gasteiger partial charge >= 0.3 is 12.4 Å². The molecule has 1 aromatic carbocycles. The maximum atomic E-state index is 13.2. The van der Waals surface area contributed by atoms with Crippen LogP contribution in [0.1, 0.15) is 11.1 Å². The molecule has 102 valence electrons. The molecule has 0 amide bonds. The normalized spacial score (nSPS) is 14.7. The van der Waals surface area contributed by atoms with Crippen molar-refractivity contribution in [2.24, 2.45) is 0 Å². The molecule has 8 heteroatoms. The number of rotatable bonds is 2. The molecule has 0 radical (unpaired) electrons. The highest BCUT2D eigenvalue weighted by molar-refractivity contribution is 5.27. The molecule has 0 spiro atoms. The van der Waals surface area contributed by atoms with E-state index in [1.807, 2.05) is 0 Å². The summed E-state index contributed by atoms with van der Waals surface area (Å²) in [6, 6.07) is 1.13. The SMILES string of the molecule is OC(Cc1ccc(C(F)(F)F)cc1F)C(F)(F)F. The van der Waals surface area contributed by atoms with E-state index in [2.05, 4.69) is 0 Å². The lowest BCUT2D eigenvalue weighted by molar-refractivity contribution is -0.203. The molecule has 1 nitrogen and oxygen atoms in total. The third-order valence-electron chi connectivity index (χ3n) is 2.17. The van der Waals surface area contributed by atoms with Gasteiger partial charge in [0.1, 0.15) is 5.82 Å². The number of hydrogen-bond acceptors (Lipinski definition) is 1. The molecule has 1 rings (SSSR count). The van der Waals surface area contributed by atoms with Crippen LogP contribution in [0.2, 0.25) is 0 Å². The molecule has 0 fully saturated rings. The fourth-order valence-corrected chi connectivity index (χ4v) is 1.21. The molecule has 1 unspecified atom stereocenters. The van der Waals surface area contributed by atoms with Crippen LogP contribution in [-0.2, 0) is 12.6 Å². The van der Waals surface area contributed by atoms with E-state index in [0.717, 1.165) is 0 Å². The molecule has 0 bridgehead atoms. The monoisotopic (exact) mass is 276 g/mol. The van der Waals surface area contributed by atoms with Crippen molar-refractivity contribution in [3.8, 4) is 0 Å². The summed E-state index contributed by atoms with van der Waals surface area (Å²) in [4.78, 5) is 0. The summed E-state index contributed by atoms with van der Waals surface area (Å²) in [7, 11) is 0. The van der Waals surface area contributed by atoms with Crippen molar-refractivity contribution in [1.29, 1.82) is 0 Å². The van der Waals surface area contributed by atoms with Crippen molar-refractivity contribution in [2.75, 3.05) is 0 Å². The predicted octanol–water partition coefficient (Wildman–Crippen LogP) is 3.31. The minimum absolute atomic E-state index is 0.0957. The van der Waals surface area contributed by atoms with Crippen molar-refractivity contribution in [3.05, 3.63) is 35.1 Å². The minimum atomic E-state index is -4.95. The number of aliphatic hydroxyl groups excluding tert-OH is 1. The number of halogens is 7. The van der Waals surface area contributed by atoms with Gasteiger partial charge in [0.15, 0.2) is 6.10 Å². The quantitative estimate of drug-likeness (QED) is 0.822. The Hall–Kier alpha value is -1.31. The fourth-order valence-electron chi connectivity index (χ4n) is 1.21. The largest absolute Gasteiger partial charge is 0.416 e. The summed E-state index contributed by atoms with van der Waals surface area (Å²) in [5, 5.41) is 8.68. The second-order valence-electron chi connectivity index (χ2n) is 3.57. The van der Waals surface area contributed by atoms with Crippen LogP contribution in [0.4, 0.5) is 30.7 Å². The van der Waals surface area contributed by atoms with E-state index in [4.69, 9.17) is 5.11 Å². The third kappa shape index (κ3) is 3.59. The molecule has 0 saturated carbocycles. The zero-order valence-corrected chi connectivity index (χ0v) is 8.61. The lowest BCUT2D eigenvalue weighted by Crippen LogP contribution is -2.30. The first-order valence-corrected chi connectivity index (χ1v) is 4.62. The summed E-state index contributed by atoms with van der Waals surface area (Å²) in [6.45, 7) is 0. The predicted molar refractivity (Wildman–Crippen MR) is 47.2 cm³/mol. The van der Waals surface area contributed by atoms with Gasteiger partial charge in [-0.15, -0.1) is 0 Å². The second-order valence-corrected chi connectivity index (χ2v) is 3.57. The van der Waals surface area contributed by atoms with Crippen LogP contribution in [0.25, 0.3) is 0 Å². The molecule has 0 aliphatic carbocycles. The maximum Gasteiger partial charge on any atom is 0.416 e. The van der Waals surface area contributed by atoms with Gasteiger partial charge in [-0.3, -0.25) is 0 Å². The summed E-state index contributed by atoms with van der Waals surface area (Å²) >= 11 is 0. The molecule has 0 aliphatic heterocycles. The average Bonchev–Trinajstić information content (AvgIpc) is 2.17. The van der Waals surface area contributed by atoms with Crippen molar-refractivity contribution < 1.29 is 35.8 Å². The average molecular weight is 276 g/mol. The highest BCUT2D eigenvalue weighted by Crippen LogP contribution is 2.31. The Morgan fingerprint density at radius 1 is 1.06 bits per heavy atom. The van der Waals surface area contributed by atoms with Crippen molar-refractivity contribution in [3.63, 3.8) is 0 Å². The first-order chi connectivity index (χ1) is 8.01. The zero-order valence-electron chi connectivity index (χ0n) is 8.61.